The van der Waals surface area contributed by atoms with Gasteiger partial charge in [-0.15, -0.1) is 0 Å². The summed E-state index contributed by atoms with van der Waals surface area (Å²) in [5, 5.41) is 22.9. The number of fused-ring (bicyclic) bond motifs is 1. The summed E-state index contributed by atoms with van der Waals surface area (Å²) in [6.45, 7) is 3.90. The third-order valence-electron chi connectivity index (χ3n) is 4.04. The van der Waals surface area contributed by atoms with Crippen LogP contribution in [0.4, 0.5) is 11.4 Å². The van der Waals surface area contributed by atoms with Gasteiger partial charge < -0.3 is 10.6 Å². The third-order valence-corrected chi connectivity index (χ3v) is 4.04. The number of hydrogen-bond acceptors (Lipinski definition) is 4. The van der Waals surface area contributed by atoms with Crippen LogP contribution >= 0.6 is 0 Å². The highest BCUT2D eigenvalue weighted by molar-refractivity contribution is 6.07. The van der Waals surface area contributed by atoms with E-state index >= 15 is 0 Å². The summed E-state index contributed by atoms with van der Waals surface area (Å²) in [5.74, 6) is -0.452. The molecule has 0 unspecified atom stereocenters. The zero-order chi connectivity index (χ0) is 17.8. The monoisotopic (exact) mass is 331 g/mol. The van der Waals surface area contributed by atoms with Gasteiger partial charge in [0.25, 0.3) is 5.91 Å². The molecule has 0 aliphatic heterocycles. The fraction of sp³-hybridized carbons (Fsp3) is 0.105. The van der Waals surface area contributed by atoms with Crippen molar-refractivity contribution in [1.29, 1.82) is 5.26 Å². The van der Waals surface area contributed by atoms with Gasteiger partial charge in [0.05, 0.1) is 11.7 Å². The Balaban J connectivity index is 1.76. The van der Waals surface area contributed by atoms with Crippen LogP contribution in [-0.2, 0) is 4.79 Å². The number of H-pyrrole nitrogens is 1. The van der Waals surface area contributed by atoms with E-state index in [0.29, 0.717) is 5.69 Å². The number of nitrogens with one attached hydrogen (secondary N) is 3. The van der Waals surface area contributed by atoms with E-state index in [0.717, 1.165) is 27.7 Å². The van der Waals surface area contributed by atoms with E-state index < -0.39 is 5.91 Å². The lowest BCUT2D eigenvalue weighted by atomic mass is 10.1. The molecule has 6 heteroatoms. The van der Waals surface area contributed by atoms with Crippen molar-refractivity contribution in [3.8, 4) is 6.07 Å². The highest BCUT2D eigenvalue weighted by atomic mass is 16.1. The Bertz CT molecular complexity index is 1010. The number of benzene rings is 2. The normalized spacial score (nSPS) is 11.2. The summed E-state index contributed by atoms with van der Waals surface area (Å²) in [6, 6.07) is 13.2. The molecule has 0 bridgehead atoms. The number of aryl methyl sites for hydroxylation is 1. The molecule has 0 spiro atoms. The van der Waals surface area contributed by atoms with Crippen molar-refractivity contribution in [2.75, 3.05) is 10.6 Å². The Kier molecular flexibility index (Phi) is 4.48. The van der Waals surface area contributed by atoms with Crippen LogP contribution in [-0.4, -0.2) is 16.1 Å². The molecule has 3 N–H and O–H groups in total. The number of aromatic amines is 1. The predicted molar refractivity (Wildman–Crippen MR) is 98.0 cm³/mol. The molecule has 124 valence electrons. The lowest BCUT2D eigenvalue weighted by Gasteiger charge is -2.10. The molecule has 6 nitrogen and oxygen atoms in total. The van der Waals surface area contributed by atoms with Gasteiger partial charge >= 0.3 is 0 Å². The van der Waals surface area contributed by atoms with Crippen LogP contribution in [0.5, 0.6) is 0 Å². The number of nitrogens with zero attached hydrogens (tertiary/aromatic N) is 2. The van der Waals surface area contributed by atoms with Gasteiger partial charge in [0.2, 0.25) is 0 Å². The maximum atomic E-state index is 12.3. The van der Waals surface area contributed by atoms with E-state index in [2.05, 4.69) is 20.8 Å². The smallest absolute Gasteiger partial charge is 0.267 e. The van der Waals surface area contributed by atoms with Crippen LogP contribution in [0, 0.1) is 25.2 Å². The maximum Gasteiger partial charge on any atom is 0.267 e. The summed E-state index contributed by atoms with van der Waals surface area (Å²) in [6.07, 6.45) is 3.13. The summed E-state index contributed by atoms with van der Waals surface area (Å²) in [4.78, 5) is 12.3. The van der Waals surface area contributed by atoms with Crippen molar-refractivity contribution in [1.82, 2.24) is 10.2 Å². The second kappa shape index (κ2) is 6.89. The van der Waals surface area contributed by atoms with Crippen LogP contribution in [0.25, 0.3) is 10.9 Å². The van der Waals surface area contributed by atoms with Crippen molar-refractivity contribution in [3.63, 3.8) is 0 Å². The van der Waals surface area contributed by atoms with E-state index in [9.17, 15) is 10.1 Å². The van der Waals surface area contributed by atoms with Crippen LogP contribution in [0.15, 0.2) is 54.4 Å². The average Bonchev–Trinajstić information content (AvgIpc) is 3.07. The SMILES string of the molecule is Cc1cccc(NC(=O)/C(C#N)=C\Nc2ccc3cn[nH]c3c2)c1C. The molecule has 0 saturated heterocycles. The number of rotatable bonds is 4. The van der Waals surface area contributed by atoms with Gasteiger partial charge in [0.1, 0.15) is 11.6 Å². The molecule has 0 fully saturated rings. The van der Waals surface area contributed by atoms with E-state index in [1.165, 1.54) is 6.20 Å². The molecule has 25 heavy (non-hydrogen) atoms. The summed E-state index contributed by atoms with van der Waals surface area (Å²) >= 11 is 0. The van der Waals surface area contributed by atoms with Gasteiger partial charge in [-0.3, -0.25) is 9.89 Å². The molecule has 0 atom stereocenters. The number of carbonyl (C=O) groups is 1. The van der Waals surface area contributed by atoms with Gasteiger partial charge in [-0.25, -0.2) is 0 Å². The largest absolute Gasteiger partial charge is 0.360 e. The van der Waals surface area contributed by atoms with Crippen molar-refractivity contribution in [2.24, 2.45) is 0 Å². The first-order valence-corrected chi connectivity index (χ1v) is 7.76. The molecule has 0 radical (unpaired) electrons. The van der Waals surface area contributed by atoms with Gasteiger partial charge in [-0.05, 0) is 49.2 Å². The summed E-state index contributed by atoms with van der Waals surface area (Å²) < 4.78 is 0. The molecule has 1 heterocycles. The Hall–Kier alpha value is -3.59. The molecule has 3 rings (SSSR count). The molecule has 0 aliphatic rings. The highest BCUT2D eigenvalue weighted by Crippen LogP contribution is 2.19. The lowest BCUT2D eigenvalue weighted by Crippen LogP contribution is -2.15. The number of anilines is 2. The van der Waals surface area contributed by atoms with E-state index in [1.54, 1.807) is 6.20 Å². The van der Waals surface area contributed by atoms with Gasteiger partial charge in [0.15, 0.2) is 0 Å². The minimum absolute atomic E-state index is 0.00869. The highest BCUT2D eigenvalue weighted by Gasteiger charge is 2.11. The third kappa shape index (κ3) is 3.51. The standard InChI is InChI=1S/C19H17N5O/c1-12-4-3-5-17(13(12)2)23-19(25)15(9-20)10-21-16-7-6-14-11-22-24-18(14)8-16/h3-8,10-11,21H,1-2H3,(H,22,24)(H,23,25)/b15-10-. The summed E-state index contributed by atoms with van der Waals surface area (Å²) in [5.41, 5.74) is 4.37. The molecule has 1 amide bonds. The first-order valence-electron chi connectivity index (χ1n) is 7.76. The van der Waals surface area contributed by atoms with Crippen molar-refractivity contribution < 1.29 is 4.79 Å². The van der Waals surface area contributed by atoms with E-state index in [1.807, 2.05) is 56.3 Å². The van der Waals surface area contributed by atoms with Gasteiger partial charge in [-0.1, -0.05) is 12.1 Å². The van der Waals surface area contributed by atoms with E-state index in [4.69, 9.17) is 0 Å². The molecular weight excluding hydrogens is 314 g/mol. The van der Waals surface area contributed by atoms with Crippen LogP contribution < -0.4 is 10.6 Å². The first-order chi connectivity index (χ1) is 12.1. The van der Waals surface area contributed by atoms with Crippen molar-refractivity contribution in [2.45, 2.75) is 13.8 Å². The zero-order valence-corrected chi connectivity index (χ0v) is 13.9. The molecule has 3 aromatic rings. The lowest BCUT2D eigenvalue weighted by molar-refractivity contribution is -0.112. The molecule has 0 aliphatic carbocycles. The maximum absolute atomic E-state index is 12.3. The quantitative estimate of drug-likeness (QED) is 0.502. The number of carbonyl (C=O) groups excluding carboxylic acids is 1. The minimum atomic E-state index is -0.452. The molecular formula is C19H17N5O. The molecule has 2 aromatic carbocycles. The fourth-order valence-corrected chi connectivity index (χ4v) is 2.41. The molecule has 1 aromatic heterocycles. The van der Waals surface area contributed by atoms with E-state index in [-0.39, 0.29) is 5.57 Å². The predicted octanol–water partition coefficient (Wildman–Crippen LogP) is 3.64. The second-order valence-electron chi connectivity index (χ2n) is 5.69. The average molecular weight is 331 g/mol. The van der Waals surface area contributed by atoms with Crippen LogP contribution in [0.3, 0.4) is 0 Å². The Morgan fingerprint density at radius 1 is 1.28 bits per heavy atom. The van der Waals surface area contributed by atoms with Crippen molar-refractivity contribution >= 4 is 28.2 Å². The van der Waals surface area contributed by atoms with Crippen LogP contribution in [0.1, 0.15) is 11.1 Å². The van der Waals surface area contributed by atoms with Gasteiger partial charge in [-0.2, -0.15) is 10.4 Å². The number of aromatic nitrogens is 2. The Labute approximate surface area is 145 Å². The zero-order valence-electron chi connectivity index (χ0n) is 13.9. The Morgan fingerprint density at radius 2 is 2.12 bits per heavy atom. The minimum Gasteiger partial charge on any atom is -0.360 e. The van der Waals surface area contributed by atoms with Crippen molar-refractivity contribution in [3.05, 3.63) is 65.5 Å². The Morgan fingerprint density at radius 3 is 2.92 bits per heavy atom. The molecule has 0 saturated carbocycles. The number of amides is 1. The first kappa shape index (κ1) is 16.3. The number of nitriles is 1. The summed E-state index contributed by atoms with van der Waals surface area (Å²) in [7, 11) is 0. The fourth-order valence-electron chi connectivity index (χ4n) is 2.41. The van der Waals surface area contributed by atoms with Gasteiger partial charge in [0, 0.05) is 23.0 Å². The topological polar surface area (TPSA) is 93.6 Å². The number of hydrogen-bond donors (Lipinski definition) is 3. The second-order valence-corrected chi connectivity index (χ2v) is 5.69. The van der Waals surface area contributed by atoms with Crippen LogP contribution in [0.2, 0.25) is 0 Å².